The predicted molar refractivity (Wildman–Crippen MR) is 118 cm³/mol. The molecule has 0 aliphatic heterocycles. The maximum atomic E-state index is 14.3. The Bertz CT molecular complexity index is 1270. The van der Waals surface area contributed by atoms with Crippen molar-refractivity contribution in [1.82, 2.24) is 9.97 Å². The number of anilines is 1. The first-order valence-electron chi connectivity index (χ1n) is 9.18. The summed E-state index contributed by atoms with van der Waals surface area (Å²) in [4.78, 5) is 22.2. The molecule has 4 rings (SSSR count). The van der Waals surface area contributed by atoms with Crippen molar-refractivity contribution in [1.29, 1.82) is 0 Å². The van der Waals surface area contributed by atoms with Crippen LogP contribution in [0.5, 0.6) is 0 Å². The molecule has 4 nitrogen and oxygen atoms in total. The van der Waals surface area contributed by atoms with Crippen LogP contribution in [0.1, 0.15) is 21.7 Å². The van der Waals surface area contributed by atoms with Gasteiger partial charge in [0.2, 0.25) is 5.56 Å². The Morgan fingerprint density at radius 2 is 2.00 bits per heavy atom. The first-order valence-corrected chi connectivity index (χ1v) is 10.1. The molecule has 0 saturated carbocycles. The van der Waals surface area contributed by atoms with Gasteiger partial charge in [-0.25, -0.2) is 9.37 Å². The number of aryl methyl sites for hydroxylation is 2. The molecule has 0 radical (unpaired) electrons. The molecular weight excluding hydrogens is 385 g/mol. The van der Waals surface area contributed by atoms with E-state index < -0.39 is 5.82 Å². The summed E-state index contributed by atoms with van der Waals surface area (Å²) in [6, 6.07) is 14.4. The molecule has 146 valence electrons. The molecule has 4 aromatic rings. The number of hydrogen-bond acceptors (Lipinski definition) is 4. The Hall–Kier alpha value is -3.25. The van der Waals surface area contributed by atoms with Gasteiger partial charge >= 0.3 is 0 Å². The van der Waals surface area contributed by atoms with Gasteiger partial charge in [0.1, 0.15) is 5.82 Å². The van der Waals surface area contributed by atoms with Gasteiger partial charge in [-0.1, -0.05) is 36.9 Å². The van der Waals surface area contributed by atoms with Gasteiger partial charge in [-0.15, -0.1) is 11.3 Å². The second-order valence-corrected chi connectivity index (χ2v) is 7.76. The third-order valence-corrected chi connectivity index (χ3v) is 5.96. The predicted octanol–water partition coefficient (Wildman–Crippen LogP) is 5.42. The van der Waals surface area contributed by atoms with Crippen LogP contribution in [0.25, 0.3) is 16.6 Å². The van der Waals surface area contributed by atoms with Gasteiger partial charge in [0.05, 0.1) is 27.3 Å². The van der Waals surface area contributed by atoms with Crippen LogP contribution in [0.2, 0.25) is 0 Å². The number of benzene rings is 2. The molecule has 2 aromatic carbocycles. The zero-order valence-electron chi connectivity index (χ0n) is 16.2. The van der Waals surface area contributed by atoms with E-state index in [0.717, 1.165) is 33.1 Å². The Kier molecular flexibility index (Phi) is 5.03. The normalized spacial score (nSPS) is 11.0. The Balaban J connectivity index is 1.88. The van der Waals surface area contributed by atoms with E-state index in [4.69, 9.17) is 0 Å². The summed E-state index contributed by atoms with van der Waals surface area (Å²) in [5.41, 5.74) is 6.18. The monoisotopic (exact) mass is 405 g/mol. The third kappa shape index (κ3) is 3.59. The molecule has 0 bridgehead atoms. The summed E-state index contributed by atoms with van der Waals surface area (Å²) in [6.07, 6.45) is 0. The smallest absolute Gasteiger partial charge is 0.248 e. The van der Waals surface area contributed by atoms with E-state index in [1.165, 1.54) is 23.5 Å². The van der Waals surface area contributed by atoms with Crippen molar-refractivity contribution >= 4 is 33.6 Å². The van der Waals surface area contributed by atoms with Crippen LogP contribution in [0.4, 0.5) is 10.1 Å². The highest BCUT2D eigenvalue weighted by atomic mass is 32.1. The number of H-pyrrole nitrogens is 1. The number of halogens is 1. The fourth-order valence-electron chi connectivity index (χ4n) is 3.51. The third-order valence-electron chi connectivity index (χ3n) is 4.98. The number of aromatic amines is 1. The van der Waals surface area contributed by atoms with E-state index >= 15 is 0 Å². The van der Waals surface area contributed by atoms with Crippen LogP contribution in [0, 0.1) is 19.7 Å². The van der Waals surface area contributed by atoms with Gasteiger partial charge in [0.25, 0.3) is 0 Å². The van der Waals surface area contributed by atoms with Gasteiger partial charge in [-0.2, -0.15) is 0 Å². The maximum absolute atomic E-state index is 14.3. The molecular formula is C23H20FN3OS. The standard InChI is InChI=1S/C23H20FN3OS/c1-14-7-4-5-10-20(14)27(16(3)23-15(2)25-13-29-23)12-17-11-21(28)26-22-18(17)8-6-9-19(22)24/h4-11,13H,3,12H2,1-2H3,(H,26,28). The first kappa shape index (κ1) is 19.1. The zero-order chi connectivity index (χ0) is 20.5. The highest BCUT2D eigenvalue weighted by Gasteiger charge is 2.19. The highest BCUT2D eigenvalue weighted by molar-refractivity contribution is 7.11. The summed E-state index contributed by atoms with van der Waals surface area (Å²) in [5.74, 6) is -0.444. The Morgan fingerprint density at radius 3 is 2.72 bits per heavy atom. The lowest BCUT2D eigenvalue weighted by Crippen LogP contribution is -2.23. The van der Waals surface area contributed by atoms with E-state index in [0.29, 0.717) is 11.9 Å². The number of thiazole rings is 1. The van der Waals surface area contributed by atoms with Crippen LogP contribution in [0.3, 0.4) is 0 Å². The van der Waals surface area contributed by atoms with Gasteiger partial charge in [-0.3, -0.25) is 4.79 Å². The molecule has 29 heavy (non-hydrogen) atoms. The Morgan fingerprint density at radius 1 is 1.21 bits per heavy atom. The number of fused-ring (bicyclic) bond motifs is 1. The van der Waals surface area contributed by atoms with Crippen molar-refractivity contribution in [3.05, 3.63) is 98.5 Å². The fourth-order valence-corrected chi connectivity index (χ4v) is 4.29. The summed E-state index contributed by atoms with van der Waals surface area (Å²) in [5, 5.41) is 0.678. The second kappa shape index (κ2) is 7.64. The van der Waals surface area contributed by atoms with Crippen molar-refractivity contribution in [2.45, 2.75) is 20.4 Å². The van der Waals surface area contributed by atoms with Crippen molar-refractivity contribution in [2.75, 3.05) is 4.90 Å². The van der Waals surface area contributed by atoms with Crippen molar-refractivity contribution in [3.63, 3.8) is 0 Å². The second-order valence-electron chi connectivity index (χ2n) is 6.91. The zero-order valence-corrected chi connectivity index (χ0v) is 17.0. The molecule has 0 amide bonds. The lowest BCUT2D eigenvalue weighted by Gasteiger charge is -2.28. The van der Waals surface area contributed by atoms with Gasteiger partial charge in [0, 0.05) is 23.7 Å². The molecule has 1 N–H and O–H groups in total. The Labute approximate surface area is 172 Å². The van der Waals surface area contributed by atoms with Gasteiger partial charge < -0.3 is 9.88 Å². The number of nitrogens with one attached hydrogen (secondary N) is 1. The van der Waals surface area contributed by atoms with Crippen molar-refractivity contribution in [3.8, 4) is 0 Å². The molecule has 0 aliphatic rings. The first-order chi connectivity index (χ1) is 14.0. The molecule has 0 fully saturated rings. The largest absolute Gasteiger partial charge is 0.336 e. The molecule has 0 aliphatic carbocycles. The van der Waals surface area contributed by atoms with Gasteiger partial charge in [-0.05, 0) is 37.1 Å². The number of rotatable bonds is 5. The number of hydrogen-bond donors (Lipinski definition) is 1. The van der Waals surface area contributed by atoms with Crippen molar-refractivity contribution < 1.29 is 4.39 Å². The number of nitrogens with zero attached hydrogens (tertiary/aromatic N) is 2. The van der Waals surface area contributed by atoms with Crippen LogP contribution >= 0.6 is 11.3 Å². The molecule has 2 aromatic heterocycles. The quantitative estimate of drug-likeness (QED) is 0.482. The lowest BCUT2D eigenvalue weighted by molar-refractivity contribution is 0.636. The fraction of sp³-hybridized carbons (Fsp3) is 0.130. The van der Waals surface area contributed by atoms with E-state index in [-0.39, 0.29) is 11.1 Å². The minimum absolute atomic E-state index is 0.222. The van der Waals surface area contributed by atoms with Gasteiger partial charge in [0.15, 0.2) is 0 Å². The molecule has 0 unspecified atom stereocenters. The minimum Gasteiger partial charge on any atom is -0.336 e. The summed E-state index contributed by atoms with van der Waals surface area (Å²) in [6.45, 7) is 8.69. The number of aromatic nitrogens is 2. The summed E-state index contributed by atoms with van der Waals surface area (Å²) < 4.78 is 14.3. The summed E-state index contributed by atoms with van der Waals surface area (Å²) >= 11 is 1.53. The van der Waals surface area contributed by atoms with E-state index in [1.54, 1.807) is 11.6 Å². The molecule has 0 spiro atoms. The average Bonchev–Trinajstić information content (AvgIpc) is 3.13. The minimum atomic E-state index is -0.444. The molecule has 6 heteroatoms. The molecule has 0 atom stereocenters. The van der Waals surface area contributed by atoms with Crippen LogP contribution in [0.15, 0.2) is 65.4 Å². The lowest BCUT2D eigenvalue weighted by atomic mass is 10.1. The SMILES string of the molecule is C=C(c1scnc1C)N(Cc1cc(=O)[nH]c2c(F)cccc12)c1ccccc1C. The van der Waals surface area contributed by atoms with Crippen LogP contribution < -0.4 is 10.5 Å². The molecule has 2 heterocycles. The maximum Gasteiger partial charge on any atom is 0.248 e. The van der Waals surface area contributed by atoms with E-state index in [1.807, 2.05) is 44.2 Å². The van der Waals surface area contributed by atoms with E-state index in [2.05, 4.69) is 21.4 Å². The van der Waals surface area contributed by atoms with Crippen LogP contribution in [-0.4, -0.2) is 9.97 Å². The van der Waals surface area contributed by atoms with Crippen LogP contribution in [-0.2, 0) is 6.54 Å². The van der Waals surface area contributed by atoms with Crippen molar-refractivity contribution in [2.24, 2.45) is 0 Å². The number of para-hydroxylation sites is 2. The molecule has 0 saturated heterocycles. The number of pyridine rings is 1. The highest BCUT2D eigenvalue weighted by Crippen LogP contribution is 2.33. The summed E-state index contributed by atoms with van der Waals surface area (Å²) in [7, 11) is 0. The van der Waals surface area contributed by atoms with E-state index in [9.17, 15) is 9.18 Å². The topological polar surface area (TPSA) is 49.0 Å². The average molecular weight is 405 g/mol.